The number of hydrogen-bond acceptors (Lipinski definition) is 6. The van der Waals surface area contributed by atoms with Gasteiger partial charge >= 0.3 is 5.97 Å². The van der Waals surface area contributed by atoms with Crippen LogP contribution >= 0.6 is 23.2 Å². The summed E-state index contributed by atoms with van der Waals surface area (Å²) in [6.45, 7) is 0.141. The van der Waals surface area contributed by atoms with Crippen LogP contribution in [0, 0.1) is 0 Å². The van der Waals surface area contributed by atoms with Crippen molar-refractivity contribution in [3.8, 4) is 17.2 Å². The zero-order valence-corrected chi connectivity index (χ0v) is 21.7. The molecule has 0 saturated carbocycles. The van der Waals surface area contributed by atoms with Crippen molar-refractivity contribution in [2.45, 2.75) is 12.8 Å². The van der Waals surface area contributed by atoms with Crippen molar-refractivity contribution in [1.82, 2.24) is 5.43 Å². The van der Waals surface area contributed by atoms with E-state index in [2.05, 4.69) is 10.5 Å². The van der Waals surface area contributed by atoms with Crippen LogP contribution < -0.4 is 19.6 Å². The molecule has 0 aliphatic heterocycles. The van der Waals surface area contributed by atoms with Gasteiger partial charge in [0.2, 0.25) is 0 Å². The molecule has 4 aromatic carbocycles. The van der Waals surface area contributed by atoms with Gasteiger partial charge in [-0.05, 0) is 65.9 Å². The van der Waals surface area contributed by atoms with Crippen LogP contribution in [0.15, 0.2) is 90.0 Å². The minimum Gasteiger partial charge on any atom is -0.492 e. The molecule has 0 bridgehead atoms. The Morgan fingerprint density at radius 3 is 2.47 bits per heavy atom. The fourth-order valence-corrected chi connectivity index (χ4v) is 3.93. The summed E-state index contributed by atoms with van der Waals surface area (Å²) >= 11 is 11.9. The second kappa shape index (κ2) is 13.5. The number of nitrogens with zero attached hydrogens (tertiary/aromatic N) is 1. The maximum Gasteiger partial charge on any atom is 0.311 e. The predicted molar refractivity (Wildman–Crippen MR) is 148 cm³/mol. The molecule has 1 N–H and O–H groups in total. The Kier molecular flexibility index (Phi) is 9.56. The van der Waals surface area contributed by atoms with Gasteiger partial charge in [0.1, 0.15) is 17.2 Å². The van der Waals surface area contributed by atoms with E-state index in [1.165, 1.54) is 6.21 Å². The van der Waals surface area contributed by atoms with Gasteiger partial charge in [0.05, 0.1) is 17.8 Å². The lowest BCUT2D eigenvalue weighted by atomic mass is 10.1. The smallest absolute Gasteiger partial charge is 0.311 e. The van der Waals surface area contributed by atoms with Gasteiger partial charge in [-0.1, -0.05) is 59.6 Å². The van der Waals surface area contributed by atoms with Gasteiger partial charge in [-0.2, -0.15) is 5.10 Å². The summed E-state index contributed by atoms with van der Waals surface area (Å²) in [6, 6.07) is 25.2. The lowest BCUT2D eigenvalue weighted by molar-refractivity contribution is -0.134. The highest BCUT2D eigenvalue weighted by Crippen LogP contribution is 2.28. The molecule has 0 spiro atoms. The van der Waals surface area contributed by atoms with Crippen LogP contribution in [0.4, 0.5) is 0 Å². The molecule has 0 aromatic heterocycles. The van der Waals surface area contributed by atoms with E-state index in [9.17, 15) is 9.59 Å². The molecule has 0 fully saturated rings. The maximum absolute atomic E-state index is 12.1. The minimum absolute atomic E-state index is 0.169. The Balaban J connectivity index is 1.16. The molecule has 0 atom stereocenters. The fourth-order valence-electron chi connectivity index (χ4n) is 3.47. The standard InChI is InChI=1S/C29H24Cl2N2O5/c30-22-12-15-27(25(31)17-22)36-16-4-9-29(35)38-23-13-10-20(11-14-23)18-32-33-28(34)19-37-26-8-3-6-21-5-1-2-7-24(21)26/h1-3,5-8,10-15,17-18H,4,9,16,19H2,(H,33,34). The summed E-state index contributed by atoms with van der Waals surface area (Å²) in [4.78, 5) is 24.2. The molecule has 0 unspecified atom stereocenters. The fraction of sp³-hybridized carbons (Fsp3) is 0.138. The molecule has 194 valence electrons. The molecule has 0 saturated heterocycles. The van der Waals surface area contributed by atoms with Gasteiger partial charge in [0, 0.05) is 16.8 Å². The van der Waals surface area contributed by atoms with Crippen molar-refractivity contribution in [2.24, 2.45) is 5.10 Å². The van der Waals surface area contributed by atoms with Gasteiger partial charge in [0.15, 0.2) is 6.61 Å². The van der Waals surface area contributed by atoms with Crippen LogP contribution in [-0.4, -0.2) is 31.3 Å². The zero-order valence-electron chi connectivity index (χ0n) is 20.2. The summed E-state index contributed by atoms with van der Waals surface area (Å²) in [6.07, 6.45) is 2.13. The van der Waals surface area contributed by atoms with E-state index in [-0.39, 0.29) is 24.9 Å². The molecule has 7 nitrogen and oxygen atoms in total. The summed E-state index contributed by atoms with van der Waals surface area (Å²) in [7, 11) is 0. The van der Waals surface area contributed by atoms with Crippen LogP contribution in [0.3, 0.4) is 0 Å². The largest absolute Gasteiger partial charge is 0.492 e. The number of esters is 1. The van der Waals surface area contributed by atoms with Crippen molar-refractivity contribution in [3.63, 3.8) is 0 Å². The Morgan fingerprint density at radius 2 is 1.66 bits per heavy atom. The third-order valence-electron chi connectivity index (χ3n) is 5.30. The normalized spacial score (nSPS) is 10.9. The minimum atomic E-state index is -0.387. The number of nitrogens with one attached hydrogen (secondary N) is 1. The van der Waals surface area contributed by atoms with Crippen LogP contribution in [0.25, 0.3) is 10.8 Å². The summed E-state index contributed by atoms with van der Waals surface area (Å²) < 4.78 is 16.6. The SMILES string of the molecule is O=C(COc1cccc2ccccc12)NN=Cc1ccc(OC(=O)CCCOc2ccc(Cl)cc2Cl)cc1. The van der Waals surface area contributed by atoms with Gasteiger partial charge in [-0.25, -0.2) is 5.43 Å². The van der Waals surface area contributed by atoms with Gasteiger partial charge in [0.25, 0.3) is 5.91 Å². The maximum atomic E-state index is 12.1. The van der Waals surface area contributed by atoms with Crippen molar-refractivity contribution in [3.05, 3.63) is 101 Å². The molecule has 9 heteroatoms. The highest BCUT2D eigenvalue weighted by atomic mass is 35.5. The second-order valence-electron chi connectivity index (χ2n) is 8.13. The summed E-state index contributed by atoms with van der Waals surface area (Å²) in [5.41, 5.74) is 3.15. The van der Waals surface area contributed by atoms with Crippen LogP contribution in [0.5, 0.6) is 17.2 Å². The van der Waals surface area contributed by atoms with E-state index in [1.54, 1.807) is 42.5 Å². The number of hydrazone groups is 1. The van der Waals surface area contributed by atoms with Gasteiger partial charge in [-0.15, -0.1) is 0 Å². The Labute approximate surface area is 229 Å². The van der Waals surface area contributed by atoms with E-state index >= 15 is 0 Å². The van der Waals surface area contributed by atoms with Gasteiger partial charge < -0.3 is 14.2 Å². The zero-order chi connectivity index (χ0) is 26.7. The van der Waals surface area contributed by atoms with E-state index < -0.39 is 0 Å². The number of ether oxygens (including phenoxy) is 3. The van der Waals surface area contributed by atoms with Crippen LogP contribution in [0.2, 0.25) is 10.0 Å². The number of carbonyl (C=O) groups excluding carboxylic acids is 2. The number of rotatable bonds is 11. The highest BCUT2D eigenvalue weighted by molar-refractivity contribution is 6.35. The molecule has 1 amide bonds. The number of amides is 1. The Morgan fingerprint density at radius 1 is 0.868 bits per heavy atom. The quantitative estimate of drug-likeness (QED) is 0.0763. The van der Waals surface area contributed by atoms with Crippen molar-refractivity contribution in [2.75, 3.05) is 13.2 Å². The molecule has 0 radical (unpaired) electrons. The molecule has 4 aromatic rings. The Bertz CT molecular complexity index is 1440. The average molecular weight is 551 g/mol. The average Bonchev–Trinajstić information content (AvgIpc) is 2.92. The third-order valence-corrected chi connectivity index (χ3v) is 5.83. The summed E-state index contributed by atoms with van der Waals surface area (Å²) in [5.74, 6) is 0.778. The first-order chi connectivity index (χ1) is 18.5. The van der Waals surface area contributed by atoms with Crippen molar-refractivity contribution in [1.29, 1.82) is 0 Å². The molecule has 0 aliphatic carbocycles. The monoisotopic (exact) mass is 550 g/mol. The number of fused-ring (bicyclic) bond motifs is 1. The Hall–Kier alpha value is -4.07. The van der Waals surface area contributed by atoms with Crippen molar-refractivity contribution < 1.29 is 23.8 Å². The first-order valence-corrected chi connectivity index (χ1v) is 12.5. The molecule has 38 heavy (non-hydrogen) atoms. The second-order valence-corrected chi connectivity index (χ2v) is 8.97. The summed E-state index contributed by atoms with van der Waals surface area (Å²) in [5, 5.41) is 6.85. The van der Waals surface area contributed by atoms with E-state index in [0.717, 1.165) is 10.8 Å². The number of benzene rings is 4. The third kappa shape index (κ3) is 7.96. The molecular weight excluding hydrogens is 527 g/mol. The van der Waals surface area contributed by atoms with Crippen molar-refractivity contribution >= 4 is 52.1 Å². The van der Waals surface area contributed by atoms with E-state index in [0.29, 0.717) is 45.9 Å². The molecule has 0 heterocycles. The van der Waals surface area contributed by atoms with E-state index in [1.807, 2.05) is 42.5 Å². The van der Waals surface area contributed by atoms with Crippen LogP contribution in [0.1, 0.15) is 18.4 Å². The number of carbonyl (C=O) groups is 2. The molecule has 0 aliphatic rings. The number of halogens is 2. The highest BCUT2D eigenvalue weighted by Gasteiger charge is 2.08. The number of hydrogen-bond donors (Lipinski definition) is 1. The predicted octanol–water partition coefficient (Wildman–Crippen LogP) is 6.44. The van der Waals surface area contributed by atoms with E-state index in [4.69, 9.17) is 37.4 Å². The molecular formula is C29H24Cl2N2O5. The van der Waals surface area contributed by atoms with Crippen LogP contribution in [-0.2, 0) is 9.59 Å². The lowest BCUT2D eigenvalue weighted by Gasteiger charge is -2.08. The first-order valence-electron chi connectivity index (χ1n) is 11.8. The van der Waals surface area contributed by atoms with Gasteiger partial charge in [-0.3, -0.25) is 9.59 Å². The lowest BCUT2D eigenvalue weighted by Crippen LogP contribution is -2.24. The first kappa shape index (κ1) is 27.0. The molecule has 4 rings (SSSR count). The topological polar surface area (TPSA) is 86.2 Å².